The fourth-order valence-electron chi connectivity index (χ4n) is 1.96. The van der Waals surface area contributed by atoms with Gasteiger partial charge < -0.3 is 15.8 Å². The molecule has 3 rings (SSSR count). The lowest BCUT2D eigenvalue weighted by Gasteiger charge is -2.08. The molecule has 24 heavy (non-hydrogen) atoms. The summed E-state index contributed by atoms with van der Waals surface area (Å²) in [6, 6.07) is 13.2. The van der Waals surface area contributed by atoms with Gasteiger partial charge in [-0.1, -0.05) is 23.9 Å². The lowest BCUT2D eigenvalue weighted by Crippen LogP contribution is -2.06. The Bertz CT molecular complexity index is 815. The summed E-state index contributed by atoms with van der Waals surface area (Å²) in [4.78, 5) is 16.9. The molecule has 0 aliphatic heterocycles. The van der Waals surface area contributed by atoms with Crippen LogP contribution in [0, 0.1) is 0 Å². The van der Waals surface area contributed by atoms with Gasteiger partial charge in [-0.3, -0.25) is 0 Å². The molecular weight excluding hydrogens is 324 g/mol. The van der Waals surface area contributed by atoms with E-state index in [4.69, 9.17) is 10.5 Å². The van der Waals surface area contributed by atoms with Gasteiger partial charge in [0, 0.05) is 18.0 Å². The van der Waals surface area contributed by atoms with Crippen LogP contribution in [0.1, 0.15) is 5.82 Å². The molecule has 0 aliphatic rings. The molecule has 2 aromatic heterocycles. The highest BCUT2D eigenvalue weighted by Crippen LogP contribution is 2.22. The quantitative estimate of drug-likeness (QED) is 0.661. The molecule has 3 N–H and O–H groups in total. The number of hydrogen-bond donors (Lipinski definition) is 2. The molecular formula is C16H16N6OS. The van der Waals surface area contributed by atoms with Crippen LogP contribution < -0.4 is 15.8 Å². The second-order valence-corrected chi connectivity index (χ2v) is 5.74. The van der Waals surface area contributed by atoms with E-state index in [0.717, 1.165) is 16.5 Å². The summed E-state index contributed by atoms with van der Waals surface area (Å²) in [6.45, 7) is 0. The highest BCUT2D eigenvalue weighted by molar-refractivity contribution is 7.98. The Morgan fingerprint density at radius 1 is 1.12 bits per heavy atom. The fraction of sp³-hybridized carbons (Fsp3) is 0.125. The van der Waals surface area contributed by atoms with E-state index in [9.17, 15) is 0 Å². The normalized spacial score (nSPS) is 10.4. The van der Waals surface area contributed by atoms with E-state index in [1.807, 2.05) is 42.5 Å². The number of aromatic nitrogens is 4. The zero-order valence-electron chi connectivity index (χ0n) is 13.0. The number of anilines is 3. The smallest absolute Gasteiger partial charge is 0.232 e. The Morgan fingerprint density at radius 2 is 2.04 bits per heavy atom. The molecule has 0 fully saturated rings. The van der Waals surface area contributed by atoms with Crippen LogP contribution in [0.15, 0.2) is 53.7 Å². The van der Waals surface area contributed by atoms with Crippen molar-refractivity contribution in [3.63, 3.8) is 0 Å². The Morgan fingerprint density at radius 3 is 2.83 bits per heavy atom. The van der Waals surface area contributed by atoms with Crippen LogP contribution in [0.4, 0.5) is 17.6 Å². The van der Waals surface area contributed by atoms with Gasteiger partial charge in [-0.15, -0.1) is 0 Å². The van der Waals surface area contributed by atoms with Crippen LogP contribution in [-0.4, -0.2) is 27.0 Å². The highest BCUT2D eigenvalue weighted by Gasteiger charge is 2.07. The van der Waals surface area contributed by atoms with Gasteiger partial charge in [0.2, 0.25) is 11.9 Å². The van der Waals surface area contributed by atoms with Crippen molar-refractivity contribution in [3.8, 4) is 5.75 Å². The zero-order chi connectivity index (χ0) is 16.8. The molecule has 0 unspecified atom stereocenters. The van der Waals surface area contributed by atoms with Gasteiger partial charge in [-0.05, 0) is 24.3 Å². The number of nitrogens with zero attached hydrogens (tertiary/aromatic N) is 4. The minimum atomic E-state index is 0.173. The molecule has 0 aliphatic carbocycles. The first-order valence-corrected chi connectivity index (χ1v) is 8.17. The number of methoxy groups -OCH3 is 1. The lowest BCUT2D eigenvalue weighted by atomic mass is 10.3. The number of pyridine rings is 1. The third-order valence-electron chi connectivity index (χ3n) is 3.01. The van der Waals surface area contributed by atoms with Gasteiger partial charge in [0.1, 0.15) is 11.6 Å². The summed E-state index contributed by atoms with van der Waals surface area (Å²) in [7, 11) is 1.62. The van der Waals surface area contributed by atoms with Crippen molar-refractivity contribution >= 4 is 29.3 Å². The van der Waals surface area contributed by atoms with Crippen molar-refractivity contribution in [1.82, 2.24) is 19.9 Å². The third-order valence-corrected chi connectivity index (χ3v) is 3.95. The average Bonchev–Trinajstić information content (AvgIpc) is 2.60. The van der Waals surface area contributed by atoms with E-state index in [1.54, 1.807) is 13.3 Å². The van der Waals surface area contributed by atoms with E-state index in [2.05, 4.69) is 25.3 Å². The second-order valence-electron chi connectivity index (χ2n) is 4.75. The number of hydrogen-bond acceptors (Lipinski definition) is 8. The minimum absolute atomic E-state index is 0.173. The maximum atomic E-state index is 5.79. The van der Waals surface area contributed by atoms with Gasteiger partial charge in [-0.2, -0.15) is 15.0 Å². The Hall–Kier alpha value is -2.87. The van der Waals surface area contributed by atoms with Crippen molar-refractivity contribution < 1.29 is 4.74 Å². The third kappa shape index (κ3) is 4.32. The topological polar surface area (TPSA) is 98.8 Å². The summed E-state index contributed by atoms with van der Waals surface area (Å²) >= 11 is 1.54. The molecule has 8 heteroatoms. The standard InChI is InChI=1S/C16H16N6OS/c1-23-12-6-4-5-11(9-12)19-16-21-13(20-15(17)22-16)10-24-14-7-2-3-8-18-14/h2-9H,10H2,1H3,(H3,17,19,20,21,22). The highest BCUT2D eigenvalue weighted by atomic mass is 32.2. The summed E-state index contributed by atoms with van der Waals surface area (Å²) < 4.78 is 5.20. The van der Waals surface area contributed by atoms with Crippen molar-refractivity contribution in [2.45, 2.75) is 10.8 Å². The first-order chi connectivity index (χ1) is 11.7. The van der Waals surface area contributed by atoms with Crippen molar-refractivity contribution in [1.29, 1.82) is 0 Å². The number of ether oxygens (including phenoxy) is 1. The van der Waals surface area contributed by atoms with E-state index >= 15 is 0 Å². The minimum Gasteiger partial charge on any atom is -0.497 e. The summed E-state index contributed by atoms with van der Waals surface area (Å²) in [5, 5.41) is 4.01. The van der Waals surface area contributed by atoms with Crippen LogP contribution >= 0.6 is 11.8 Å². The molecule has 0 radical (unpaired) electrons. The number of benzene rings is 1. The molecule has 0 atom stereocenters. The number of nitrogens with two attached hydrogens (primary N) is 1. The van der Waals surface area contributed by atoms with Gasteiger partial charge in [0.15, 0.2) is 0 Å². The van der Waals surface area contributed by atoms with E-state index in [-0.39, 0.29) is 5.95 Å². The van der Waals surface area contributed by atoms with E-state index < -0.39 is 0 Å². The maximum Gasteiger partial charge on any atom is 0.232 e. The Labute approximate surface area is 143 Å². The summed E-state index contributed by atoms with van der Waals surface area (Å²) in [5.74, 6) is 2.45. The van der Waals surface area contributed by atoms with Gasteiger partial charge >= 0.3 is 0 Å². The first-order valence-electron chi connectivity index (χ1n) is 7.18. The van der Waals surface area contributed by atoms with E-state index in [1.165, 1.54) is 11.8 Å². The van der Waals surface area contributed by atoms with Crippen LogP contribution in [0.5, 0.6) is 5.75 Å². The number of rotatable bonds is 6. The summed E-state index contributed by atoms with van der Waals surface area (Å²) in [5.41, 5.74) is 6.59. The predicted molar refractivity (Wildman–Crippen MR) is 94.3 cm³/mol. The summed E-state index contributed by atoms with van der Waals surface area (Å²) in [6.07, 6.45) is 1.75. The molecule has 122 valence electrons. The predicted octanol–water partition coefficient (Wildman–Crippen LogP) is 2.89. The van der Waals surface area contributed by atoms with Crippen molar-refractivity contribution in [2.75, 3.05) is 18.2 Å². The van der Waals surface area contributed by atoms with Crippen molar-refractivity contribution in [3.05, 3.63) is 54.5 Å². The van der Waals surface area contributed by atoms with Gasteiger partial charge in [-0.25, -0.2) is 4.98 Å². The maximum absolute atomic E-state index is 5.79. The monoisotopic (exact) mass is 340 g/mol. The SMILES string of the molecule is COc1cccc(Nc2nc(N)nc(CSc3ccccn3)n2)c1. The van der Waals surface area contributed by atoms with Crippen molar-refractivity contribution in [2.24, 2.45) is 0 Å². The first kappa shape index (κ1) is 16.0. The Kier molecular flexibility index (Phi) is 5.07. The lowest BCUT2D eigenvalue weighted by molar-refractivity contribution is 0.415. The molecule has 0 saturated heterocycles. The van der Waals surface area contributed by atoms with E-state index in [0.29, 0.717) is 17.5 Å². The molecule has 2 heterocycles. The Balaban J connectivity index is 1.73. The van der Waals surface area contributed by atoms with Crippen LogP contribution in [-0.2, 0) is 5.75 Å². The van der Waals surface area contributed by atoms with Crippen LogP contribution in [0.2, 0.25) is 0 Å². The largest absolute Gasteiger partial charge is 0.497 e. The molecule has 3 aromatic rings. The van der Waals surface area contributed by atoms with Gasteiger partial charge in [0.05, 0.1) is 17.9 Å². The molecule has 0 bridgehead atoms. The molecule has 0 spiro atoms. The van der Waals surface area contributed by atoms with Crippen LogP contribution in [0.25, 0.3) is 0 Å². The fourth-order valence-corrected chi connectivity index (χ4v) is 2.68. The molecule has 0 amide bonds. The average molecular weight is 340 g/mol. The molecule has 7 nitrogen and oxygen atoms in total. The van der Waals surface area contributed by atoms with Crippen LogP contribution in [0.3, 0.4) is 0 Å². The molecule has 0 saturated carbocycles. The second kappa shape index (κ2) is 7.60. The van der Waals surface area contributed by atoms with Gasteiger partial charge in [0.25, 0.3) is 0 Å². The zero-order valence-corrected chi connectivity index (χ0v) is 13.8. The number of nitrogens with one attached hydrogen (secondary N) is 1. The number of nitrogen functional groups attached to an aromatic ring is 1. The number of thioether (sulfide) groups is 1. The molecule has 1 aromatic carbocycles.